The van der Waals surface area contributed by atoms with Crippen molar-refractivity contribution in [3.8, 4) is 23.0 Å². The van der Waals surface area contributed by atoms with Crippen LogP contribution >= 0.6 is 0 Å². The van der Waals surface area contributed by atoms with Crippen LogP contribution in [0.25, 0.3) is 11.5 Å². The number of carbonyl (C=O) groups is 1. The summed E-state index contributed by atoms with van der Waals surface area (Å²) in [6.07, 6.45) is 1.51. The molecular formula is C19H19N3O5. The molecule has 0 radical (unpaired) electrons. The monoisotopic (exact) mass is 369 g/mol. The molecule has 3 aromatic rings. The smallest absolute Gasteiger partial charge is 0.267 e. The maximum absolute atomic E-state index is 12.7. The van der Waals surface area contributed by atoms with Gasteiger partial charge in [0.1, 0.15) is 23.2 Å². The van der Waals surface area contributed by atoms with Gasteiger partial charge in [0.05, 0.1) is 26.2 Å². The Hall–Kier alpha value is -3.55. The number of hydrogen-bond donors (Lipinski definition) is 1. The van der Waals surface area contributed by atoms with E-state index in [1.165, 1.54) is 26.5 Å². The summed E-state index contributed by atoms with van der Waals surface area (Å²) < 4.78 is 16.8. The van der Waals surface area contributed by atoms with Crippen LogP contribution in [0.5, 0.6) is 11.5 Å². The van der Waals surface area contributed by atoms with Crippen LogP contribution in [0.2, 0.25) is 0 Å². The molecule has 0 spiro atoms. The van der Waals surface area contributed by atoms with Gasteiger partial charge in [0.2, 0.25) is 5.91 Å². The second kappa shape index (κ2) is 7.77. The lowest BCUT2D eigenvalue weighted by molar-refractivity contribution is -0.119. The number of amides is 1. The first kappa shape index (κ1) is 18.2. The Morgan fingerprint density at radius 2 is 2.00 bits per heavy atom. The summed E-state index contributed by atoms with van der Waals surface area (Å²) >= 11 is 0. The number of benzene rings is 1. The van der Waals surface area contributed by atoms with Crippen LogP contribution in [-0.4, -0.2) is 29.9 Å². The number of nitrogens with zero attached hydrogens (tertiary/aromatic N) is 2. The summed E-state index contributed by atoms with van der Waals surface area (Å²) in [5, 5.41) is 7.00. The number of aromatic nitrogens is 2. The highest BCUT2D eigenvalue weighted by Crippen LogP contribution is 2.29. The van der Waals surface area contributed by atoms with Crippen molar-refractivity contribution in [2.24, 2.45) is 0 Å². The van der Waals surface area contributed by atoms with Gasteiger partial charge in [-0.05, 0) is 37.3 Å². The van der Waals surface area contributed by atoms with Crippen LogP contribution in [0, 0.1) is 0 Å². The highest BCUT2D eigenvalue weighted by atomic mass is 16.5. The molecule has 0 aliphatic carbocycles. The molecule has 1 aromatic carbocycles. The summed E-state index contributed by atoms with van der Waals surface area (Å²) in [4.78, 5) is 24.9. The van der Waals surface area contributed by atoms with E-state index in [9.17, 15) is 9.59 Å². The Kier molecular flexibility index (Phi) is 5.25. The molecule has 140 valence electrons. The molecule has 0 saturated carbocycles. The highest BCUT2D eigenvalue weighted by molar-refractivity contribution is 5.95. The van der Waals surface area contributed by atoms with Gasteiger partial charge < -0.3 is 19.2 Å². The zero-order valence-electron chi connectivity index (χ0n) is 15.1. The zero-order valence-corrected chi connectivity index (χ0v) is 15.1. The number of ether oxygens (including phenoxy) is 2. The van der Waals surface area contributed by atoms with Gasteiger partial charge in [0.25, 0.3) is 5.56 Å². The minimum absolute atomic E-state index is 0.398. The van der Waals surface area contributed by atoms with Crippen LogP contribution in [-0.2, 0) is 4.79 Å². The lowest BCUT2D eigenvalue weighted by atomic mass is 10.2. The van der Waals surface area contributed by atoms with Crippen molar-refractivity contribution in [1.29, 1.82) is 0 Å². The number of rotatable bonds is 6. The van der Waals surface area contributed by atoms with Crippen LogP contribution in [0.4, 0.5) is 5.69 Å². The molecule has 3 rings (SSSR count). The molecular weight excluding hydrogens is 350 g/mol. The van der Waals surface area contributed by atoms with E-state index in [2.05, 4.69) is 10.4 Å². The van der Waals surface area contributed by atoms with Gasteiger partial charge in [-0.2, -0.15) is 5.10 Å². The van der Waals surface area contributed by atoms with Crippen LogP contribution in [0.3, 0.4) is 0 Å². The topological polar surface area (TPSA) is 95.6 Å². The first-order chi connectivity index (χ1) is 13.0. The maximum atomic E-state index is 12.7. The highest BCUT2D eigenvalue weighted by Gasteiger charge is 2.20. The largest absolute Gasteiger partial charge is 0.497 e. The average molecular weight is 369 g/mol. The number of nitrogens with one attached hydrogen (secondary N) is 1. The van der Waals surface area contributed by atoms with Crippen molar-refractivity contribution in [2.45, 2.75) is 13.0 Å². The van der Waals surface area contributed by atoms with Gasteiger partial charge in [0, 0.05) is 12.1 Å². The Balaban J connectivity index is 1.88. The Morgan fingerprint density at radius 1 is 1.19 bits per heavy atom. The number of carbonyl (C=O) groups excluding carboxylic acids is 1. The number of methoxy groups -OCH3 is 2. The SMILES string of the molecule is COc1ccc(OC)c(NC(=O)C(C)n2nc(-c3ccco3)ccc2=O)c1. The summed E-state index contributed by atoms with van der Waals surface area (Å²) in [5.41, 5.74) is 0.493. The Labute approximate surface area is 155 Å². The zero-order chi connectivity index (χ0) is 19.4. The number of furan rings is 1. The quantitative estimate of drug-likeness (QED) is 0.718. The van der Waals surface area contributed by atoms with Gasteiger partial charge in [-0.15, -0.1) is 0 Å². The summed E-state index contributed by atoms with van der Waals surface area (Å²) in [7, 11) is 3.03. The van der Waals surface area contributed by atoms with E-state index in [4.69, 9.17) is 13.9 Å². The van der Waals surface area contributed by atoms with Crippen molar-refractivity contribution in [3.63, 3.8) is 0 Å². The summed E-state index contributed by atoms with van der Waals surface area (Å²) in [6, 6.07) is 10.5. The minimum Gasteiger partial charge on any atom is -0.497 e. The van der Waals surface area contributed by atoms with E-state index in [-0.39, 0.29) is 0 Å². The molecule has 0 aliphatic heterocycles. The third-order valence-electron chi connectivity index (χ3n) is 4.01. The van der Waals surface area contributed by atoms with Crippen LogP contribution in [0.15, 0.2) is 57.9 Å². The van der Waals surface area contributed by atoms with E-state index >= 15 is 0 Å². The summed E-state index contributed by atoms with van der Waals surface area (Å²) in [5.74, 6) is 1.12. The van der Waals surface area contributed by atoms with Crippen molar-refractivity contribution in [3.05, 3.63) is 59.1 Å². The van der Waals surface area contributed by atoms with Gasteiger partial charge >= 0.3 is 0 Å². The Morgan fingerprint density at radius 3 is 2.67 bits per heavy atom. The van der Waals surface area contributed by atoms with Crippen LogP contribution < -0.4 is 20.3 Å². The molecule has 27 heavy (non-hydrogen) atoms. The van der Waals surface area contributed by atoms with E-state index in [0.29, 0.717) is 28.6 Å². The first-order valence-corrected chi connectivity index (χ1v) is 8.20. The number of hydrogen-bond acceptors (Lipinski definition) is 6. The van der Waals surface area contributed by atoms with E-state index in [1.54, 1.807) is 43.3 Å². The fourth-order valence-corrected chi connectivity index (χ4v) is 2.52. The molecule has 8 nitrogen and oxygen atoms in total. The fraction of sp³-hybridized carbons (Fsp3) is 0.211. The summed E-state index contributed by atoms with van der Waals surface area (Å²) in [6.45, 7) is 1.59. The normalized spacial score (nSPS) is 11.7. The third-order valence-corrected chi connectivity index (χ3v) is 4.01. The average Bonchev–Trinajstić information content (AvgIpc) is 3.22. The van der Waals surface area contributed by atoms with Crippen molar-refractivity contribution < 1.29 is 18.7 Å². The fourth-order valence-electron chi connectivity index (χ4n) is 2.52. The lowest BCUT2D eigenvalue weighted by Crippen LogP contribution is -2.33. The maximum Gasteiger partial charge on any atom is 0.267 e. The Bertz CT molecular complexity index is 995. The molecule has 0 aliphatic rings. The molecule has 2 heterocycles. The molecule has 1 N–H and O–H groups in total. The van der Waals surface area contributed by atoms with Gasteiger partial charge in [-0.1, -0.05) is 0 Å². The molecule has 0 saturated heterocycles. The molecule has 8 heteroatoms. The van der Waals surface area contributed by atoms with Crippen molar-refractivity contribution in [1.82, 2.24) is 9.78 Å². The predicted octanol–water partition coefficient (Wildman–Crippen LogP) is 2.72. The third kappa shape index (κ3) is 3.84. The molecule has 1 unspecified atom stereocenters. The molecule has 0 bridgehead atoms. The first-order valence-electron chi connectivity index (χ1n) is 8.20. The second-order valence-corrected chi connectivity index (χ2v) is 5.71. The molecule has 0 fully saturated rings. The van der Waals surface area contributed by atoms with Crippen molar-refractivity contribution in [2.75, 3.05) is 19.5 Å². The van der Waals surface area contributed by atoms with E-state index in [1.807, 2.05) is 0 Å². The predicted molar refractivity (Wildman–Crippen MR) is 99.1 cm³/mol. The standard InChI is InChI=1S/C19H19N3O5/c1-12(19(24)20-15-11-13(25-2)6-8-16(15)26-3)22-18(23)9-7-14(21-22)17-5-4-10-27-17/h4-12H,1-3H3,(H,20,24). The lowest BCUT2D eigenvalue weighted by Gasteiger charge is -2.16. The molecule has 1 atom stereocenters. The molecule has 2 aromatic heterocycles. The van der Waals surface area contributed by atoms with Gasteiger partial charge in [0.15, 0.2) is 5.76 Å². The van der Waals surface area contributed by atoms with Crippen molar-refractivity contribution >= 4 is 11.6 Å². The number of anilines is 1. The van der Waals surface area contributed by atoms with Gasteiger partial charge in [-0.3, -0.25) is 9.59 Å². The molecule has 1 amide bonds. The van der Waals surface area contributed by atoms with Gasteiger partial charge in [-0.25, -0.2) is 4.68 Å². The van der Waals surface area contributed by atoms with Crippen LogP contribution in [0.1, 0.15) is 13.0 Å². The van der Waals surface area contributed by atoms with E-state index < -0.39 is 17.5 Å². The van der Waals surface area contributed by atoms with E-state index in [0.717, 1.165) is 4.68 Å². The second-order valence-electron chi connectivity index (χ2n) is 5.71. The minimum atomic E-state index is -0.858.